The molecule has 9 nitrogen and oxygen atoms in total. The van der Waals surface area contributed by atoms with Crippen LogP contribution in [0.15, 0.2) is 97.1 Å². The third kappa shape index (κ3) is 6.92. The van der Waals surface area contributed by atoms with Crippen molar-refractivity contribution < 1.29 is 18.7 Å². The van der Waals surface area contributed by atoms with E-state index in [1.54, 1.807) is 18.2 Å². The van der Waals surface area contributed by atoms with E-state index in [9.17, 15) is 9.59 Å². The SMILES string of the molecule is CC(C)c1ccc(C(C(=O)Nc2ccc(N3CCOCC3)cc2)N(Cc2ccccc2F)C(=O)Cn2nnc3ccccc32)cc1. The number of hydrogen-bond acceptors (Lipinski definition) is 6. The first-order valence-electron chi connectivity index (χ1n) is 15.5. The van der Waals surface area contributed by atoms with Crippen molar-refractivity contribution in [3.05, 3.63) is 120 Å². The predicted octanol–water partition coefficient (Wildman–Crippen LogP) is 5.94. The highest BCUT2D eigenvalue weighted by molar-refractivity contribution is 5.98. The van der Waals surface area contributed by atoms with Gasteiger partial charge in [-0.15, -0.1) is 5.10 Å². The zero-order chi connectivity index (χ0) is 32.0. The lowest BCUT2D eigenvalue weighted by atomic mass is 9.97. The van der Waals surface area contributed by atoms with E-state index in [2.05, 4.69) is 34.4 Å². The number of benzene rings is 4. The van der Waals surface area contributed by atoms with Crippen molar-refractivity contribution >= 4 is 34.2 Å². The fourth-order valence-electron chi connectivity index (χ4n) is 5.71. The summed E-state index contributed by atoms with van der Waals surface area (Å²) < 4.78 is 22.0. The lowest BCUT2D eigenvalue weighted by Crippen LogP contribution is -2.42. The lowest BCUT2D eigenvalue weighted by molar-refractivity contribution is -0.140. The van der Waals surface area contributed by atoms with E-state index in [0.717, 1.165) is 24.3 Å². The van der Waals surface area contributed by atoms with Gasteiger partial charge >= 0.3 is 0 Å². The van der Waals surface area contributed by atoms with Crippen molar-refractivity contribution in [2.24, 2.45) is 0 Å². The monoisotopic (exact) mass is 620 g/mol. The molecule has 1 unspecified atom stereocenters. The smallest absolute Gasteiger partial charge is 0.251 e. The van der Waals surface area contributed by atoms with Crippen LogP contribution in [0.1, 0.15) is 42.5 Å². The van der Waals surface area contributed by atoms with Crippen molar-refractivity contribution in [1.82, 2.24) is 19.9 Å². The minimum atomic E-state index is -1.07. The maximum absolute atomic E-state index is 15.1. The highest BCUT2D eigenvalue weighted by atomic mass is 19.1. The van der Waals surface area contributed by atoms with Crippen LogP contribution in [0.2, 0.25) is 0 Å². The Balaban J connectivity index is 1.36. The first-order valence-corrected chi connectivity index (χ1v) is 15.5. The number of fused-ring (bicyclic) bond motifs is 1. The molecule has 1 N–H and O–H groups in total. The molecule has 2 amide bonds. The van der Waals surface area contributed by atoms with E-state index in [1.807, 2.05) is 72.8 Å². The van der Waals surface area contributed by atoms with Crippen LogP contribution < -0.4 is 10.2 Å². The Morgan fingerprint density at radius 3 is 2.28 bits per heavy atom. The number of rotatable bonds is 10. The van der Waals surface area contributed by atoms with Crippen LogP contribution in [-0.4, -0.2) is 58.0 Å². The van der Waals surface area contributed by atoms with Crippen molar-refractivity contribution in [3.8, 4) is 0 Å². The summed E-state index contributed by atoms with van der Waals surface area (Å²) in [5.41, 5.74) is 4.97. The molecule has 5 aromatic rings. The fraction of sp³-hybridized carbons (Fsp3) is 0.278. The van der Waals surface area contributed by atoms with E-state index in [4.69, 9.17) is 4.74 Å². The Hall–Kier alpha value is -5.09. The molecular formula is C36H37FN6O3. The number of para-hydroxylation sites is 1. The number of amides is 2. The number of carbonyl (C=O) groups excluding carboxylic acids is 2. The summed E-state index contributed by atoms with van der Waals surface area (Å²) in [5.74, 6) is -0.998. The van der Waals surface area contributed by atoms with Gasteiger partial charge in [-0.05, 0) is 59.5 Å². The number of nitrogens with one attached hydrogen (secondary N) is 1. The number of halogens is 1. The maximum Gasteiger partial charge on any atom is 0.251 e. The average molecular weight is 621 g/mol. The largest absolute Gasteiger partial charge is 0.378 e. The molecule has 2 heterocycles. The topological polar surface area (TPSA) is 92.6 Å². The molecule has 0 radical (unpaired) electrons. The second kappa shape index (κ2) is 13.9. The van der Waals surface area contributed by atoms with Gasteiger partial charge in [-0.3, -0.25) is 9.59 Å². The minimum Gasteiger partial charge on any atom is -0.378 e. The van der Waals surface area contributed by atoms with Gasteiger partial charge in [0.15, 0.2) is 0 Å². The Kier molecular flexibility index (Phi) is 9.35. The van der Waals surface area contributed by atoms with Crippen LogP contribution in [0.3, 0.4) is 0 Å². The van der Waals surface area contributed by atoms with Crippen molar-refractivity contribution in [3.63, 3.8) is 0 Å². The van der Waals surface area contributed by atoms with Gasteiger partial charge in [0, 0.05) is 36.6 Å². The summed E-state index contributed by atoms with van der Waals surface area (Å²) in [7, 11) is 0. The molecule has 1 fully saturated rings. The van der Waals surface area contributed by atoms with Crippen LogP contribution in [-0.2, 0) is 27.4 Å². The summed E-state index contributed by atoms with van der Waals surface area (Å²) in [4.78, 5) is 32.2. The van der Waals surface area contributed by atoms with Gasteiger partial charge in [-0.25, -0.2) is 9.07 Å². The van der Waals surface area contributed by atoms with Gasteiger partial charge in [0.1, 0.15) is 23.9 Å². The van der Waals surface area contributed by atoms with Crippen LogP contribution >= 0.6 is 0 Å². The van der Waals surface area contributed by atoms with Gasteiger partial charge in [0.25, 0.3) is 5.91 Å². The summed E-state index contributed by atoms with van der Waals surface area (Å²) >= 11 is 0. The minimum absolute atomic E-state index is 0.127. The summed E-state index contributed by atoms with van der Waals surface area (Å²) in [6, 6.07) is 27.9. The Morgan fingerprint density at radius 2 is 1.57 bits per heavy atom. The number of ether oxygens (including phenoxy) is 1. The van der Waals surface area contributed by atoms with Crippen molar-refractivity contribution in [2.45, 2.75) is 38.9 Å². The molecule has 1 aliphatic rings. The number of carbonyl (C=O) groups is 2. The van der Waals surface area contributed by atoms with Gasteiger partial charge in [0.05, 0.1) is 18.7 Å². The van der Waals surface area contributed by atoms with Crippen LogP contribution in [0.4, 0.5) is 15.8 Å². The Bertz CT molecular complexity index is 1800. The molecule has 0 bridgehead atoms. The molecule has 4 aromatic carbocycles. The molecule has 1 aromatic heterocycles. The molecule has 0 saturated carbocycles. The number of anilines is 2. The zero-order valence-corrected chi connectivity index (χ0v) is 26.0. The molecule has 1 aliphatic heterocycles. The standard InChI is InChI=1S/C36H37FN6O3/c1-25(2)26-11-13-27(14-12-26)35(36(45)38-29-15-17-30(18-16-29)41-19-21-46-22-20-41)42(23-28-7-3-4-8-31(28)37)34(44)24-43-33-10-6-5-9-32(33)39-40-43/h3-18,25,35H,19-24H2,1-2H3,(H,38,45). The number of morpholine rings is 1. The molecule has 0 aliphatic carbocycles. The zero-order valence-electron chi connectivity index (χ0n) is 26.0. The van der Waals surface area contributed by atoms with Crippen LogP contribution in [0.5, 0.6) is 0 Å². The molecule has 46 heavy (non-hydrogen) atoms. The van der Waals surface area contributed by atoms with Gasteiger partial charge in [0.2, 0.25) is 5.91 Å². The van der Waals surface area contributed by atoms with E-state index in [1.165, 1.54) is 15.6 Å². The number of aromatic nitrogens is 3. The van der Waals surface area contributed by atoms with Gasteiger partial charge in [-0.1, -0.05) is 73.7 Å². The van der Waals surface area contributed by atoms with E-state index < -0.39 is 23.7 Å². The summed E-state index contributed by atoms with van der Waals surface area (Å²) in [5, 5.41) is 11.4. The van der Waals surface area contributed by atoms with Gasteiger partial charge < -0.3 is 19.9 Å². The highest BCUT2D eigenvalue weighted by Crippen LogP contribution is 2.29. The molecular weight excluding hydrogens is 583 g/mol. The Morgan fingerprint density at radius 1 is 0.891 bits per heavy atom. The van der Waals surface area contributed by atoms with E-state index >= 15 is 4.39 Å². The predicted molar refractivity (Wildman–Crippen MR) is 176 cm³/mol. The summed E-state index contributed by atoms with van der Waals surface area (Å²) in [6.07, 6.45) is 0. The van der Waals surface area contributed by atoms with E-state index in [-0.39, 0.29) is 19.0 Å². The first kappa shape index (κ1) is 30.9. The molecule has 236 valence electrons. The van der Waals surface area contributed by atoms with Crippen molar-refractivity contribution in [1.29, 1.82) is 0 Å². The molecule has 10 heteroatoms. The summed E-state index contributed by atoms with van der Waals surface area (Å²) in [6.45, 7) is 6.82. The second-order valence-electron chi connectivity index (χ2n) is 11.7. The normalized spacial score (nSPS) is 14.0. The first-order chi connectivity index (χ1) is 22.4. The quantitative estimate of drug-likeness (QED) is 0.208. The van der Waals surface area contributed by atoms with Crippen LogP contribution in [0.25, 0.3) is 11.0 Å². The Labute approximate surface area is 267 Å². The van der Waals surface area contributed by atoms with Crippen LogP contribution in [0, 0.1) is 5.82 Å². The third-order valence-corrected chi connectivity index (χ3v) is 8.31. The molecule has 0 spiro atoms. The third-order valence-electron chi connectivity index (χ3n) is 8.31. The average Bonchev–Trinajstić information content (AvgIpc) is 3.48. The van der Waals surface area contributed by atoms with E-state index in [0.29, 0.717) is 41.1 Å². The van der Waals surface area contributed by atoms with Crippen molar-refractivity contribution in [2.75, 3.05) is 36.5 Å². The lowest BCUT2D eigenvalue weighted by Gasteiger charge is -2.32. The number of hydrogen-bond donors (Lipinski definition) is 1. The highest BCUT2D eigenvalue weighted by Gasteiger charge is 2.33. The molecule has 1 atom stereocenters. The molecule has 1 saturated heterocycles. The fourth-order valence-corrected chi connectivity index (χ4v) is 5.71. The second-order valence-corrected chi connectivity index (χ2v) is 11.7. The maximum atomic E-state index is 15.1. The van der Waals surface area contributed by atoms with Gasteiger partial charge in [-0.2, -0.15) is 0 Å². The molecule has 6 rings (SSSR count). The number of nitrogens with zero attached hydrogens (tertiary/aromatic N) is 5.